The number of hydrogen-bond donors (Lipinski definition) is 0. The van der Waals surface area contributed by atoms with Gasteiger partial charge in [0, 0.05) is 6.61 Å². The van der Waals surface area contributed by atoms with Gasteiger partial charge in [0.2, 0.25) is 0 Å². The molecule has 11 heavy (non-hydrogen) atoms. The molecule has 0 amide bonds. The van der Waals surface area contributed by atoms with Gasteiger partial charge in [-0.25, -0.2) is 0 Å². The van der Waals surface area contributed by atoms with Crippen molar-refractivity contribution in [2.24, 2.45) is 0 Å². The molecule has 1 atom stereocenters. The molecule has 0 aromatic rings. The van der Waals surface area contributed by atoms with Crippen LogP contribution in [0.1, 0.15) is 20.8 Å². The average Bonchev–Trinajstić information content (AvgIpc) is 1.97. The van der Waals surface area contributed by atoms with E-state index in [1.54, 1.807) is 6.08 Å². The first-order valence-corrected chi connectivity index (χ1v) is 4.06. The Hall–Kier alpha value is -0.340. The van der Waals surface area contributed by atoms with Crippen molar-refractivity contribution in [2.75, 3.05) is 13.2 Å². The standard InChI is InChI=1S/C9H18O2/c1-5-9(7-10-6-2)11-8(3)4/h5,8-9H,1,6-7H2,2-4H3. The second kappa shape index (κ2) is 6.38. The van der Waals surface area contributed by atoms with E-state index in [4.69, 9.17) is 9.47 Å². The second-order valence-corrected chi connectivity index (χ2v) is 2.62. The third-order valence-electron chi connectivity index (χ3n) is 1.20. The molecule has 0 N–H and O–H groups in total. The van der Waals surface area contributed by atoms with Gasteiger partial charge in [-0.2, -0.15) is 0 Å². The summed E-state index contributed by atoms with van der Waals surface area (Å²) in [6.45, 7) is 11.0. The summed E-state index contributed by atoms with van der Waals surface area (Å²) in [6.07, 6.45) is 2.05. The van der Waals surface area contributed by atoms with E-state index in [9.17, 15) is 0 Å². The van der Waals surface area contributed by atoms with Crippen molar-refractivity contribution in [2.45, 2.75) is 33.0 Å². The summed E-state index contributed by atoms with van der Waals surface area (Å²) in [7, 11) is 0. The lowest BCUT2D eigenvalue weighted by atomic mass is 10.3. The molecular weight excluding hydrogens is 140 g/mol. The van der Waals surface area contributed by atoms with Gasteiger partial charge in [0.05, 0.1) is 18.8 Å². The molecule has 0 saturated heterocycles. The van der Waals surface area contributed by atoms with E-state index in [1.807, 2.05) is 20.8 Å². The maximum Gasteiger partial charge on any atom is 0.0990 e. The molecule has 0 bridgehead atoms. The molecule has 0 heterocycles. The van der Waals surface area contributed by atoms with E-state index >= 15 is 0 Å². The summed E-state index contributed by atoms with van der Waals surface area (Å²) in [5.41, 5.74) is 0. The van der Waals surface area contributed by atoms with E-state index in [0.29, 0.717) is 6.61 Å². The highest BCUT2D eigenvalue weighted by Gasteiger charge is 2.05. The van der Waals surface area contributed by atoms with Crippen LogP contribution in [0.5, 0.6) is 0 Å². The molecule has 1 unspecified atom stereocenters. The van der Waals surface area contributed by atoms with Crippen LogP contribution in [0.25, 0.3) is 0 Å². The third kappa shape index (κ3) is 6.07. The fourth-order valence-electron chi connectivity index (χ4n) is 0.746. The lowest BCUT2D eigenvalue weighted by molar-refractivity contribution is -0.0175. The molecule has 2 nitrogen and oxygen atoms in total. The molecule has 66 valence electrons. The predicted octanol–water partition coefficient (Wildman–Crippen LogP) is 2.00. The molecule has 0 aliphatic rings. The average molecular weight is 158 g/mol. The van der Waals surface area contributed by atoms with Crippen LogP contribution < -0.4 is 0 Å². The van der Waals surface area contributed by atoms with Gasteiger partial charge in [0.15, 0.2) is 0 Å². The third-order valence-corrected chi connectivity index (χ3v) is 1.20. The fraction of sp³-hybridized carbons (Fsp3) is 0.778. The van der Waals surface area contributed by atoms with Crippen molar-refractivity contribution >= 4 is 0 Å². The molecule has 2 heteroatoms. The molecule has 0 rings (SSSR count). The predicted molar refractivity (Wildman–Crippen MR) is 46.7 cm³/mol. The lowest BCUT2D eigenvalue weighted by Gasteiger charge is -2.16. The van der Waals surface area contributed by atoms with Crippen molar-refractivity contribution in [3.63, 3.8) is 0 Å². The van der Waals surface area contributed by atoms with Crippen molar-refractivity contribution in [1.29, 1.82) is 0 Å². The normalized spacial score (nSPS) is 13.5. The second-order valence-electron chi connectivity index (χ2n) is 2.62. The molecule has 0 fully saturated rings. The van der Waals surface area contributed by atoms with Crippen LogP contribution >= 0.6 is 0 Å². The van der Waals surface area contributed by atoms with Crippen molar-refractivity contribution < 1.29 is 9.47 Å². The maximum atomic E-state index is 5.46. The highest BCUT2D eigenvalue weighted by molar-refractivity contribution is 4.79. The Bertz CT molecular complexity index is 99.7. The number of ether oxygens (including phenoxy) is 2. The molecule has 0 aromatic heterocycles. The smallest absolute Gasteiger partial charge is 0.0990 e. The Labute approximate surface area is 69.2 Å². The number of hydrogen-bond acceptors (Lipinski definition) is 2. The van der Waals surface area contributed by atoms with E-state index in [-0.39, 0.29) is 12.2 Å². The zero-order valence-electron chi connectivity index (χ0n) is 7.67. The van der Waals surface area contributed by atoms with E-state index in [0.717, 1.165) is 6.61 Å². The monoisotopic (exact) mass is 158 g/mol. The van der Waals surface area contributed by atoms with Gasteiger partial charge in [0.1, 0.15) is 0 Å². The first kappa shape index (κ1) is 10.7. The van der Waals surface area contributed by atoms with E-state index in [2.05, 4.69) is 6.58 Å². The first-order chi connectivity index (χ1) is 5.20. The van der Waals surface area contributed by atoms with E-state index in [1.165, 1.54) is 0 Å². The highest BCUT2D eigenvalue weighted by atomic mass is 16.5. The quantitative estimate of drug-likeness (QED) is 0.550. The summed E-state index contributed by atoms with van der Waals surface area (Å²) in [5, 5.41) is 0. The summed E-state index contributed by atoms with van der Waals surface area (Å²) < 4.78 is 10.6. The van der Waals surface area contributed by atoms with Gasteiger partial charge in [-0.3, -0.25) is 0 Å². The van der Waals surface area contributed by atoms with Crippen molar-refractivity contribution in [3.05, 3.63) is 12.7 Å². The SMILES string of the molecule is C=CC(COCC)OC(C)C. The first-order valence-electron chi connectivity index (χ1n) is 4.06. The van der Waals surface area contributed by atoms with Crippen molar-refractivity contribution in [3.8, 4) is 0 Å². The zero-order chi connectivity index (χ0) is 8.69. The molecule has 0 aromatic carbocycles. The van der Waals surface area contributed by atoms with Crippen LogP contribution in [0.15, 0.2) is 12.7 Å². The van der Waals surface area contributed by atoms with Gasteiger partial charge < -0.3 is 9.47 Å². The molecule has 0 spiro atoms. The minimum Gasteiger partial charge on any atom is -0.379 e. The van der Waals surface area contributed by atoms with Gasteiger partial charge in [-0.05, 0) is 20.8 Å². The summed E-state index contributed by atoms with van der Waals surface area (Å²) in [6, 6.07) is 0. The summed E-state index contributed by atoms with van der Waals surface area (Å²) >= 11 is 0. The molecule has 0 saturated carbocycles. The van der Waals surface area contributed by atoms with Crippen LogP contribution in [-0.4, -0.2) is 25.4 Å². The minimum absolute atomic E-state index is 0.0370. The zero-order valence-corrected chi connectivity index (χ0v) is 7.67. The van der Waals surface area contributed by atoms with Crippen LogP contribution in [0, 0.1) is 0 Å². The Kier molecular flexibility index (Phi) is 6.18. The van der Waals surface area contributed by atoms with Gasteiger partial charge >= 0.3 is 0 Å². The minimum atomic E-state index is 0.0370. The van der Waals surface area contributed by atoms with E-state index < -0.39 is 0 Å². The topological polar surface area (TPSA) is 18.5 Å². The van der Waals surface area contributed by atoms with Gasteiger partial charge in [-0.1, -0.05) is 6.08 Å². The molecule has 0 aliphatic heterocycles. The number of rotatable bonds is 6. The van der Waals surface area contributed by atoms with Crippen LogP contribution in [0.4, 0.5) is 0 Å². The van der Waals surface area contributed by atoms with Crippen LogP contribution in [0.2, 0.25) is 0 Å². The highest BCUT2D eigenvalue weighted by Crippen LogP contribution is 1.99. The van der Waals surface area contributed by atoms with Gasteiger partial charge in [0.25, 0.3) is 0 Å². The molecule has 0 aliphatic carbocycles. The Morgan fingerprint density at radius 3 is 2.45 bits per heavy atom. The maximum absolute atomic E-state index is 5.46. The van der Waals surface area contributed by atoms with Crippen molar-refractivity contribution in [1.82, 2.24) is 0 Å². The largest absolute Gasteiger partial charge is 0.379 e. The fourth-order valence-corrected chi connectivity index (χ4v) is 0.746. The Balaban J connectivity index is 3.49. The molecular formula is C9H18O2. The summed E-state index contributed by atoms with van der Waals surface area (Å²) in [4.78, 5) is 0. The van der Waals surface area contributed by atoms with Crippen LogP contribution in [-0.2, 0) is 9.47 Å². The summed E-state index contributed by atoms with van der Waals surface area (Å²) in [5.74, 6) is 0. The van der Waals surface area contributed by atoms with Gasteiger partial charge in [-0.15, -0.1) is 6.58 Å². The Morgan fingerprint density at radius 2 is 2.09 bits per heavy atom. The lowest BCUT2D eigenvalue weighted by Crippen LogP contribution is -2.21. The molecule has 0 radical (unpaired) electrons. The van der Waals surface area contributed by atoms with Crippen LogP contribution in [0.3, 0.4) is 0 Å². The Morgan fingerprint density at radius 1 is 1.45 bits per heavy atom.